The number of anilines is 1. The molecule has 0 bridgehead atoms. The summed E-state index contributed by atoms with van der Waals surface area (Å²) < 4.78 is 0. The van der Waals surface area contributed by atoms with Crippen molar-refractivity contribution < 1.29 is 0 Å². The summed E-state index contributed by atoms with van der Waals surface area (Å²) in [4.78, 5) is 14.8. The van der Waals surface area contributed by atoms with Gasteiger partial charge in [-0.25, -0.2) is 0 Å². The highest BCUT2D eigenvalue weighted by molar-refractivity contribution is 7.98. The molecule has 0 radical (unpaired) electrons. The molecule has 0 fully saturated rings. The second kappa shape index (κ2) is 8.00. The zero-order valence-corrected chi connectivity index (χ0v) is 12.8. The first kappa shape index (κ1) is 15.0. The minimum atomic E-state index is -0.0226. The molecular weight excluding hydrogens is 268 g/mol. The maximum atomic E-state index is 11.9. The van der Waals surface area contributed by atoms with E-state index >= 15 is 0 Å². The maximum absolute atomic E-state index is 11.9. The minimum Gasteiger partial charge on any atom is -0.372 e. The predicted molar refractivity (Wildman–Crippen MR) is 89.9 cm³/mol. The van der Waals surface area contributed by atoms with Crippen molar-refractivity contribution in [2.75, 3.05) is 23.9 Å². The molecule has 1 heterocycles. The summed E-state index contributed by atoms with van der Waals surface area (Å²) in [7, 11) is 0. The van der Waals surface area contributed by atoms with E-state index in [2.05, 4.69) is 16.6 Å². The third-order valence-corrected chi connectivity index (χ3v) is 4.04. The average Bonchev–Trinajstić information content (AvgIpc) is 2.46. The second-order valence-electron chi connectivity index (χ2n) is 4.93. The van der Waals surface area contributed by atoms with Crippen LogP contribution in [-0.2, 0) is 0 Å². The number of fused-ring (bicyclic) bond motifs is 1. The highest BCUT2D eigenvalue weighted by Crippen LogP contribution is 2.13. The number of aromatic nitrogens is 1. The van der Waals surface area contributed by atoms with Crippen molar-refractivity contribution in [1.82, 2.24) is 4.98 Å². The van der Waals surface area contributed by atoms with Crippen LogP contribution in [-0.4, -0.2) is 23.5 Å². The Bertz CT molecular complexity index is 594. The van der Waals surface area contributed by atoms with Crippen molar-refractivity contribution in [2.24, 2.45) is 0 Å². The number of H-pyrrole nitrogens is 1. The van der Waals surface area contributed by atoms with Gasteiger partial charge >= 0.3 is 0 Å². The Morgan fingerprint density at radius 2 is 1.95 bits per heavy atom. The molecule has 0 amide bonds. The first-order valence-corrected chi connectivity index (χ1v) is 8.55. The molecule has 0 atom stereocenters. The molecule has 2 N–H and O–H groups in total. The van der Waals surface area contributed by atoms with Crippen LogP contribution in [0.1, 0.15) is 25.7 Å². The van der Waals surface area contributed by atoms with Crippen LogP contribution in [0, 0.1) is 0 Å². The summed E-state index contributed by atoms with van der Waals surface area (Å²) in [6.45, 7) is 0.910. The van der Waals surface area contributed by atoms with Crippen molar-refractivity contribution in [1.29, 1.82) is 0 Å². The predicted octanol–water partition coefficient (Wildman–Crippen LogP) is 3.86. The van der Waals surface area contributed by atoms with E-state index in [4.69, 9.17) is 0 Å². The van der Waals surface area contributed by atoms with Crippen molar-refractivity contribution >= 4 is 28.4 Å². The Morgan fingerprint density at radius 1 is 1.15 bits per heavy atom. The van der Waals surface area contributed by atoms with Gasteiger partial charge in [0.1, 0.15) is 5.82 Å². The van der Waals surface area contributed by atoms with E-state index in [9.17, 15) is 4.79 Å². The smallest absolute Gasteiger partial charge is 0.257 e. The SMILES string of the molecule is CSCCCCCCNc1cc2ccccc2c(=O)[nH]1. The summed E-state index contributed by atoms with van der Waals surface area (Å²) >= 11 is 1.91. The lowest BCUT2D eigenvalue weighted by Gasteiger charge is -2.07. The molecule has 0 aliphatic rings. The van der Waals surface area contributed by atoms with E-state index < -0.39 is 0 Å². The molecule has 1 aromatic carbocycles. The summed E-state index contributed by atoms with van der Waals surface area (Å²) in [6.07, 6.45) is 7.12. The average molecular weight is 290 g/mol. The van der Waals surface area contributed by atoms with Gasteiger partial charge in [-0.2, -0.15) is 11.8 Å². The van der Waals surface area contributed by atoms with Gasteiger partial charge in [-0.05, 0) is 42.4 Å². The highest BCUT2D eigenvalue weighted by Gasteiger charge is 2.00. The zero-order chi connectivity index (χ0) is 14.2. The molecule has 108 valence electrons. The standard InChI is InChI=1S/C16H22N2OS/c1-20-11-7-3-2-6-10-17-15-12-13-8-4-5-9-14(13)16(19)18-15/h4-5,8-9,12H,2-3,6-7,10-11H2,1H3,(H2,17,18,19). The third-order valence-electron chi connectivity index (χ3n) is 3.34. The number of unbranched alkanes of at least 4 members (excludes halogenated alkanes) is 3. The van der Waals surface area contributed by atoms with Gasteiger partial charge in [-0.15, -0.1) is 0 Å². The lowest BCUT2D eigenvalue weighted by Crippen LogP contribution is -2.11. The molecule has 2 rings (SSSR count). The molecule has 2 aromatic rings. The highest BCUT2D eigenvalue weighted by atomic mass is 32.2. The largest absolute Gasteiger partial charge is 0.372 e. The molecule has 3 nitrogen and oxygen atoms in total. The van der Waals surface area contributed by atoms with Crippen LogP contribution in [0.5, 0.6) is 0 Å². The van der Waals surface area contributed by atoms with Crippen molar-refractivity contribution in [3.8, 4) is 0 Å². The fourth-order valence-electron chi connectivity index (χ4n) is 2.25. The van der Waals surface area contributed by atoms with Crippen LogP contribution in [0.25, 0.3) is 10.8 Å². The maximum Gasteiger partial charge on any atom is 0.257 e. The normalized spacial score (nSPS) is 10.8. The van der Waals surface area contributed by atoms with Crippen LogP contribution < -0.4 is 10.9 Å². The van der Waals surface area contributed by atoms with Crippen LogP contribution >= 0.6 is 11.8 Å². The molecule has 1 aromatic heterocycles. The lowest BCUT2D eigenvalue weighted by atomic mass is 10.1. The molecule has 20 heavy (non-hydrogen) atoms. The van der Waals surface area contributed by atoms with Gasteiger partial charge in [0.2, 0.25) is 0 Å². The lowest BCUT2D eigenvalue weighted by molar-refractivity contribution is 0.688. The molecular formula is C16H22N2OS. The van der Waals surface area contributed by atoms with E-state index in [0.717, 1.165) is 29.6 Å². The molecule has 0 aliphatic heterocycles. The van der Waals surface area contributed by atoms with Gasteiger partial charge in [0.15, 0.2) is 0 Å². The topological polar surface area (TPSA) is 44.9 Å². The van der Waals surface area contributed by atoms with Gasteiger partial charge in [0.05, 0.1) is 0 Å². The van der Waals surface area contributed by atoms with Crippen LogP contribution in [0.4, 0.5) is 5.82 Å². The number of rotatable bonds is 8. The van der Waals surface area contributed by atoms with E-state index in [1.54, 1.807) is 0 Å². The molecule has 4 heteroatoms. The number of aromatic amines is 1. The summed E-state index contributed by atoms with van der Waals surface area (Å²) in [6, 6.07) is 9.67. The summed E-state index contributed by atoms with van der Waals surface area (Å²) in [5.74, 6) is 2.07. The molecule has 0 saturated heterocycles. The van der Waals surface area contributed by atoms with E-state index in [-0.39, 0.29) is 5.56 Å². The molecule has 0 unspecified atom stereocenters. The van der Waals surface area contributed by atoms with E-state index in [1.165, 1.54) is 25.0 Å². The molecule has 0 spiro atoms. The first-order chi connectivity index (χ1) is 9.81. The quantitative estimate of drug-likeness (QED) is 0.726. The fourth-order valence-corrected chi connectivity index (χ4v) is 2.75. The van der Waals surface area contributed by atoms with Gasteiger partial charge in [0, 0.05) is 11.9 Å². The summed E-state index contributed by atoms with van der Waals surface area (Å²) in [5.41, 5.74) is -0.0226. The number of pyridine rings is 1. The first-order valence-electron chi connectivity index (χ1n) is 7.16. The Hall–Kier alpha value is -1.42. The fraction of sp³-hybridized carbons (Fsp3) is 0.438. The Labute approximate surface area is 124 Å². The van der Waals surface area contributed by atoms with Gasteiger partial charge in [-0.3, -0.25) is 4.79 Å². The number of benzene rings is 1. The Morgan fingerprint density at radius 3 is 2.80 bits per heavy atom. The minimum absolute atomic E-state index is 0.0226. The summed E-state index contributed by atoms with van der Waals surface area (Å²) in [5, 5.41) is 5.04. The van der Waals surface area contributed by atoms with Crippen molar-refractivity contribution in [3.63, 3.8) is 0 Å². The Balaban J connectivity index is 1.83. The van der Waals surface area contributed by atoms with E-state index in [1.807, 2.05) is 42.1 Å². The van der Waals surface area contributed by atoms with Gasteiger partial charge in [0.25, 0.3) is 5.56 Å². The molecule has 0 saturated carbocycles. The van der Waals surface area contributed by atoms with E-state index in [0.29, 0.717) is 0 Å². The van der Waals surface area contributed by atoms with Gasteiger partial charge < -0.3 is 10.3 Å². The number of hydrogen-bond donors (Lipinski definition) is 2. The monoisotopic (exact) mass is 290 g/mol. The zero-order valence-electron chi connectivity index (χ0n) is 11.9. The number of thioether (sulfide) groups is 1. The van der Waals surface area contributed by atoms with Crippen LogP contribution in [0.2, 0.25) is 0 Å². The molecule has 0 aliphatic carbocycles. The van der Waals surface area contributed by atoms with Gasteiger partial charge in [-0.1, -0.05) is 31.0 Å². The third kappa shape index (κ3) is 4.30. The second-order valence-corrected chi connectivity index (χ2v) is 5.92. The van der Waals surface area contributed by atoms with Crippen LogP contribution in [0.15, 0.2) is 35.1 Å². The number of hydrogen-bond acceptors (Lipinski definition) is 3. The Kier molecular flexibility index (Phi) is 5.99. The van der Waals surface area contributed by atoms with Crippen molar-refractivity contribution in [3.05, 3.63) is 40.7 Å². The number of nitrogens with one attached hydrogen (secondary N) is 2. The van der Waals surface area contributed by atoms with Crippen LogP contribution in [0.3, 0.4) is 0 Å². The van der Waals surface area contributed by atoms with Crippen molar-refractivity contribution in [2.45, 2.75) is 25.7 Å².